The van der Waals surface area contributed by atoms with Crippen molar-refractivity contribution < 1.29 is 14.4 Å². The van der Waals surface area contributed by atoms with E-state index >= 15 is 0 Å². The first-order chi connectivity index (χ1) is 18.2. The third kappa shape index (κ3) is 6.17. The van der Waals surface area contributed by atoms with Gasteiger partial charge >= 0.3 is 11.8 Å². The van der Waals surface area contributed by atoms with Crippen LogP contribution in [-0.2, 0) is 22.6 Å². The molecule has 1 fully saturated rings. The Labute approximate surface area is 232 Å². The van der Waals surface area contributed by atoms with E-state index in [2.05, 4.69) is 41.0 Å². The van der Waals surface area contributed by atoms with Crippen LogP contribution in [0.4, 0.5) is 5.82 Å². The maximum absolute atomic E-state index is 13.3. The SMILES string of the molecule is Cc1nnc([C@H]2CC[C@H](NC(=O)C(=O)Nc3ccc(Cl)cn3)[C@H](NC(=O)c3nc4c(s3)CN(C)CC4)C2)s1. The molecule has 1 saturated carbocycles. The second-order valence-electron chi connectivity index (χ2n) is 9.52. The normalized spacial score (nSPS) is 21.4. The Kier molecular flexibility index (Phi) is 7.98. The minimum atomic E-state index is -0.844. The maximum Gasteiger partial charge on any atom is 0.314 e. The van der Waals surface area contributed by atoms with Crippen molar-refractivity contribution in [3.05, 3.63) is 48.9 Å². The number of carbonyl (C=O) groups excluding carboxylic acids is 3. The van der Waals surface area contributed by atoms with E-state index in [1.54, 1.807) is 6.07 Å². The average Bonchev–Trinajstić information content (AvgIpc) is 3.52. The molecule has 3 atom stereocenters. The van der Waals surface area contributed by atoms with Gasteiger partial charge in [0.15, 0.2) is 5.01 Å². The number of hydrogen-bond acceptors (Lipinski definition) is 10. The zero-order chi connectivity index (χ0) is 26.8. The summed E-state index contributed by atoms with van der Waals surface area (Å²) < 4.78 is 0. The second-order valence-corrected chi connectivity index (χ2v) is 12.3. The molecule has 3 amide bonds. The fourth-order valence-electron chi connectivity index (χ4n) is 4.71. The summed E-state index contributed by atoms with van der Waals surface area (Å²) in [7, 11) is 2.05. The molecule has 1 aliphatic carbocycles. The number of anilines is 1. The zero-order valence-electron chi connectivity index (χ0n) is 20.9. The van der Waals surface area contributed by atoms with E-state index in [1.165, 1.54) is 34.9 Å². The highest BCUT2D eigenvalue weighted by atomic mass is 35.5. The van der Waals surface area contributed by atoms with Gasteiger partial charge in [-0.3, -0.25) is 14.4 Å². The molecular weight excluding hydrogens is 548 g/mol. The Hall–Kier alpha value is -3.00. The van der Waals surface area contributed by atoms with Crippen LogP contribution in [0.3, 0.4) is 0 Å². The molecule has 3 aromatic rings. The van der Waals surface area contributed by atoms with Gasteiger partial charge in [-0.05, 0) is 45.4 Å². The van der Waals surface area contributed by atoms with Crippen molar-refractivity contribution in [2.75, 3.05) is 18.9 Å². The van der Waals surface area contributed by atoms with Gasteiger partial charge in [-0.1, -0.05) is 11.6 Å². The zero-order valence-corrected chi connectivity index (χ0v) is 23.3. The summed E-state index contributed by atoms with van der Waals surface area (Å²) in [5.74, 6) is -1.62. The minimum absolute atomic E-state index is 0.0879. The highest BCUT2D eigenvalue weighted by Gasteiger charge is 2.36. The Balaban J connectivity index is 1.29. The number of thiazole rings is 1. The molecule has 2 aliphatic rings. The lowest BCUT2D eigenvalue weighted by atomic mass is 9.82. The fourth-order valence-corrected chi connectivity index (χ4v) is 6.76. The molecule has 14 heteroatoms. The van der Waals surface area contributed by atoms with Crippen LogP contribution in [0.25, 0.3) is 0 Å². The van der Waals surface area contributed by atoms with Gasteiger partial charge in [0.2, 0.25) is 0 Å². The number of nitrogens with zero attached hydrogens (tertiary/aromatic N) is 5. The number of hydrogen-bond donors (Lipinski definition) is 3. The van der Waals surface area contributed by atoms with Crippen LogP contribution in [-0.4, -0.2) is 68.5 Å². The molecule has 1 aliphatic heterocycles. The van der Waals surface area contributed by atoms with Gasteiger partial charge in [-0.25, -0.2) is 9.97 Å². The van der Waals surface area contributed by atoms with E-state index in [0.29, 0.717) is 22.9 Å². The summed E-state index contributed by atoms with van der Waals surface area (Å²) >= 11 is 8.77. The van der Waals surface area contributed by atoms with Crippen molar-refractivity contribution in [2.24, 2.45) is 0 Å². The number of aromatic nitrogens is 4. The van der Waals surface area contributed by atoms with Crippen LogP contribution in [0.2, 0.25) is 5.02 Å². The highest BCUT2D eigenvalue weighted by Crippen LogP contribution is 2.35. The van der Waals surface area contributed by atoms with Gasteiger partial charge in [-0.15, -0.1) is 32.9 Å². The van der Waals surface area contributed by atoms with Crippen molar-refractivity contribution in [3.63, 3.8) is 0 Å². The minimum Gasteiger partial charge on any atom is -0.345 e. The monoisotopic (exact) mass is 574 g/mol. The smallest absolute Gasteiger partial charge is 0.314 e. The van der Waals surface area contributed by atoms with E-state index in [9.17, 15) is 14.4 Å². The van der Waals surface area contributed by atoms with Crippen LogP contribution in [0.1, 0.15) is 55.6 Å². The molecule has 200 valence electrons. The third-order valence-electron chi connectivity index (χ3n) is 6.67. The lowest BCUT2D eigenvalue weighted by Crippen LogP contribution is -2.56. The molecule has 0 saturated heterocycles. The lowest BCUT2D eigenvalue weighted by molar-refractivity contribution is -0.136. The number of fused-ring (bicyclic) bond motifs is 1. The summed E-state index contributed by atoms with van der Waals surface area (Å²) in [6.45, 7) is 3.59. The molecular formula is C24H27ClN8O3S2. The first kappa shape index (κ1) is 26.6. The van der Waals surface area contributed by atoms with Gasteiger partial charge in [0.25, 0.3) is 5.91 Å². The maximum atomic E-state index is 13.3. The molecule has 3 N–H and O–H groups in total. The summed E-state index contributed by atoms with van der Waals surface area (Å²) in [5.41, 5.74) is 0.974. The van der Waals surface area contributed by atoms with Gasteiger partial charge < -0.3 is 20.9 Å². The number of pyridine rings is 1. The standard InChI is InChI=1S/C24H27ClN8O3S2/c1-12-31-32-23(37-12)13-3-5-15(27-20(34)21(35)30-19-6-4-14(25)10-26-19)17(9-13)28-22(36)24-29-16-7-8-33(2)11-18(16)38-24/h4,6,10,13,15,17H,3,5,7-9,11H2,1-2H3,(H,27,34)(H,28,36)(H,26,30,35)/t13-,15-,17+/m0/s1. The first-order valence-electron chi connectivity index (χ1n) is 12.3. The Bertz CT molecular complexity index is 1340. The van der Waals surface area contributed by atoms with Crippen LogP contribution in [0.15, 0.2) is 18.3 Å². The van der Waals surface area contributed by atoms with Crippen LogP contribution in [0.5, 0.6) is 0 Å². The largest absolute Gasteiger partial charge is 0.345 e. The summed E-state index contributed by atoms with van der Waals surface area (Å²) in [6.07, 6.45) is 4.05. The van der Waals surface area contributed by atoms with Gasteiger partial charge in [0.05, 0.1) is 16.8 Å². The molecule has 3 aromatic heterocycles. The fraction of sp³-hybridized carbons (Fsp3) is 0.458. The number of aryl methyl sites for hydroxylation is 1. The van der Waals surface area contributed by atoms with Crippen molar-refractivity contribution in [2.45, 2.75) is 57.2 Å². The van der Waals surface area contributed by atoms with E-state index in [-0.39, 0.29) is 17.6 Å². The Morgan fingerprint density at radius 2 is 1.92 bits per heavy atom. The average molecular weight is 575 g/mol. The molecule has 4 heterocycles. The topological polar surface area (TPSA) is 142 Å². The predicted octanol–water partition coefficient (Wildman–Crippen LogP) is 2.53. The van der Waals surface area contributed by atoms with Crippen LogP contribution >= 0.6 is 34.3 Å². The summed E-state index contributed by atoms with van der Waals surface area (Å²) in [5, 5.41) is 19.4. The van der Waals surface area contributed by atoms with E-state index < -0.39 is 23.9 Å². The summed E-state index contributed by atoms with van der Waals surface area (Å²) in [6, 6.07) is 2.22. The number of rotatable bonds is 5. The lowest BCUT2D eigenvalue weighted by Gasteiger charge is -2.36. The third-order valence-corrected chi connectivity index (χ3v) is 8.97. The van der Waals surface area contributed by atoms with Crippen molar-refractivity contribution in [1.82, 2.24) is 35.7 Å². The first-order valence-corrected chi connectivity index (χ1v) is 14.3. The molecule has 0 bridgehead atoms. The molecule has 0 spiro atoms. The van der Waals surface area contributed by atoms with Crippen molar-refractivity contribution in [1.29, 1.82) is 0 Å². The Morgan fingerprint density at radius 3 is 2.66 bits per heavy atom. The number of carbonyl (C=O) groups is 3. The van der Waals surface area contributed by atoms with Crippen molar-refractivity contribution >= 4 is 57.8 Å². The number of nitrogens with one attached hydrogen (secondary N) is 3. The number of likely N-dealkylation sites (N-methyl/N-ethyl adjacent to an activating group) is 1. The Morgan fingerprint density at radius 1 is 1.08 bits per heavy atom. The quantitative estimate of drug-likeness (QED) is 0.395. The van der Waals surface area contributed by atoms with Crippen LogP contribution in [0, 0.1) is 6.92 Å². The highest BCUT2D eigenvalue weighted by molar-refractivity contribution is 7.13. The predicted molar refractivity (Wildman–Crippen MR) is 144 cm³/mol. The molecule has 0 aromatic carbocycles. The molecule has 11 nitrogen and oxygen atoms in total. The van der Waals surface area contributed by atoms with E-state index in [0.717, 1.165) is 46.5 Å². The van der Waals surface area contributed by atoms with Crippen LogP contribution < -0.4 is 16.0 Å². The van der Waals surface area contributed by atoms with E-state index in [4.69, 9.17) is 11.6 Å². The second kappa shape index (κ2) is 11.4. The molecule has 5 rings (SSSR count). The molecule has 0 unspecified atom stereocenters. The molecule has 38 heavy (non-hydrogen) atoms. The van der Waals surface area contributed by atoms with E-state index in [1.807, 2.05) is 14.0 Å². The van der Waals surface area contributed by atoms with Gasteiger partial charge in [0, 0.05) is 42.5 Å². The molecule has 0 radical (unpaired) electrons. The van der Waals surface area contributed by atoms with Gasteiger partial charge in [-0.2, -0.15) is 0 Å². The summed E-state index contributed by atoms with van der Waals surface area (Å²) in [4.78, 5) is 50.5. The van der Waals surface area contributed by atoms with Crippen molar-refractivity contribution in [3.8, 4) is 0 Å². The van der Waals surface area contributed by atoms with Gasteiger partial charge in [0.1, 0.15) is 15.8 Å². The number of halogens is 1. The number of amides is 3.